The van der Waals surface area contributed by atoms with E-state index < -0.39 is 0 Å². The number of imidazole rings is 2. The second-order valence-corrected chi connectivity index (χ2v) is 10.1. The molecule has 0 aliphatic carbocycles. The molecule has 4 aromatic rings. The van der Waals surface area contributed by atoms with Crippen molar-refractivity contribution in [2.45, 2.75) is 40.0 Å². The molecule has 0 spiro atoms. The highest BCUT2D eigenvalue weighted by Crippen LogP contribution is 2.45. The maximum Gasteiger partial charge on any atom is 0.171 e. The zero-order valence-corrected chi connectivity index (χ0v) is 23.3. The van der Waals surface area contributed by atoms with Gasteiger partial charge in [-0.1, -0.05) is 52.0 Å². The van der Waals surface area contributed by atoms with Gasteiger partial charge >= 0.3 is 0 Å². The highest BCUT2D eigenvalue weighted by Gasteiger charge is 2.21. The summed E-state index contributed by atoms with van der Waals surface area (Å²) in [6, 6.07) is 12.6. The molecule has 0 amide bonds. The monoisotopic (exact) mass is 530 g/mol. The molecule has 0 bridgehead atoms. The van der Waals surface area contributed by atoms with Crippen molar-refractivity contribution in [3.8, 4) is 45.1 Å². The Bertz CT molecular complexity index is 1360. The van der Waals surface area contributed by atoms with Crippen LogP contribution in [0.5, 0.6) is 11.5 Å². The van der Waals surface area contributed by atoms with Gasteiger partial charge in [-0.25, -0.2) is 9.97 Å². The number of aromatic amines is 2. The maximum absolute atomic E-state index is 6.37. The number of aryl methyl sites for hydroxylation is 1. The summed E-state index contributed by atoms with van der Waals surface area (Å²) in [5, 5.41) is 0. The van der Waals surface area contributed by atoms with Gasteiger partial charge in [-0.3, -0.25) is 0 Å². The molecule has 2 N–H and O–H groups in total. The van der Waals surface area contributed by atoms with Crippen LogP contribution in [0.1, 0.15) is 45.3 Å². The lowest BCUT2D eigenvalue weighted by Gasteiger charge is -2.20. The second kappa shape index (κ2) is 12.5. The largest absolute Gasteiger partial charge is 0.487 e. The number of hydrogen-bond donors (Lipinski definition) is 2. The van der Waals surface area contributed by atoms with E-state index in [-0.39, 0.29) is 0 Å². The summed E-state index contributed by atoms with van der Waals surface area (Å²) in [4.78, 5) is 16.0. The predicted molar refractivity (Wildman–Crippen MR) is 152 cm³/mol. The molecule has 0 saturated heterocycles. The number of ether oxygens (including phenoxy) is 4. The van der Waals surface area contributed by atoms with Crippen molar-refractivity contribution in [2.24, 2.45) is 5.92 Å². The van der Waals surface area contributed by atoms with Crippen molar-refractivity contribution in [2.75, 3.05) is 39.6 Å². The third kappa shape index (κ3) is 6.18. The number of H-pyrrole nitrogens is 2. The molecule has 39 heavy (non-hydrogen) atoms. The van der Waals surface area contributed by atoms with Gasteiger partial charge in [0.25, 0.3) is 0 Å². The van der Waals surface area contributed by atoms with E-state index in [1.807, 2.05) is 12.4 Å². The molecule has 0 radical (unpaired) electrons. The predicted octanol–water partition coefficient (Wildman–Crippen LogP) is 6.26. The van der Waals surface area contributed by atoms with Crippen LogP contribution in [0.25, 0.3) is 33.6 Å². The first-order chi connectivity index (χ1) is 19.0. The number of benzene rings is 2. The molecule has 1 aliphatic heterocycles. The third-order valence-corrected chi connectivity index (χ3v) is 7.22. The molecular weight excluding hydrogens is 492 g/mol. The van der Waals surface area contributed by atoms with Crippen molar-refractivity contribution in [1.82, 2.24) is 19.9 Å². The van der Waals surface area contributed by atoms with Crippen LogP contribution in [0.3, 0.4) is 0 Å². The van der Waals surface area contributed by atoms with Crippen molar-refractivity contribution in [1.29, 1.82) is 0 Å². The normalized spacial score (nSPS) is 15.5. The molecule has 1 atom stereocenters. The fourth-order valence-corrected chi connectivity index (χ4v) is 4.55. The number of nitrogens with zero attached hydrogens (tertiary/aromatic N) is 2. The fraction of sp³-hybridized carbons (Fsp3) is 0.419. The molecule has 0 saturated carbocycles. The van der Waals surface area contributed by atoms with Gasteiger partial charge in [0.2, 0.25) is 0 Å². The Morgan fingerprint density at radius 1 is 0.692 bits per heavy atom. The van der Waals surface area contributed by atoms with Crippen LogP contribution < -0.4 is 9.47 Å². The lowest BCUT2D eigenvalue weighted by atomic mass is 9.97. The van der Waals surface area contributed by atoms with E-state index in [0.717, 1.165) is 51.7 Å². The zero-order valence-electron chi connectivity index (χ0n) is 23.3. The van der Waals surface area contributed by atoms with E-state index in [9.17, 15) is 0 Å². The minimum Gasteiger partial charge on any atom is -0.487 e. The van der Waals surface area contributed by atoms with Crippen molar-refractivity contribution >= 4 is 0 Å². The summed E-state index contributed by atoms with van der Waals surface area (Å²) in [7, 11) is 0. The SMILES string of the molecule is CCc1ncc(-c2ccc(-c3ccc(-c4cnc([C@H](C)C(C)C)[nH]4)cc3)c3c2OCCOCCOCCO3)[nH]1. The van der Waals surface area contributed by atoms with Gasteiger partial charge in [0, 0.05) is 23.5 Å². The van der Waals surface area contributed by atoms with Crippen molar-refractivity contribution < 1.29 is 18.9 Å². The highest BCUT2D eigenvalue weighted by molar-refractivity contribution is 5.82. The maximum atomic E-state index is 6.37. The minimum atomic E-state index is 0.368. The number of nitrogens with one attached hydrogen (secondary N) is 2. The molecule has 2 aromatic heterocycles. The summed E-state index contributed by atoms with van der Waals surface area (Å²) in [6.07, 6.45) is 4.59. The molecule has 1 aliphatic rings. The summed E-state index contributed by atoms with van der Waals surface area (Å²) >= 11 is 0. The summed E-state index contributed by atoms with van der Waals surface area (Å²) in [6.45, 7) is 11.5. The number of rotatable bonds is 6. The van der Waals surface area contributed by atoms with Crippen LogP contribution in [0, 0.1) is 5.92 Å². The molecular formula is C31H38N4O4. The van der Waals surface area contributed by atoms with Crippen LogP contribution in [0.2, 0.25) is 0 Å². The Balaban J connectivity index is 1.51. The van der Waals surface area contributed by atoms with Gasteiger partial charge in [-0.05, 0) is 29.2 Å². The number of fused-ring (bicyclic) bond motifs is 1. The lowest BCUT2D eigenvalue weighted by molar-refractivity contribution is 0.0225. The van der Waals surface area contributed by atoms with E-state index in [0.29, 0.717) is 63.0 Å². The van der Waals surface area contributed by atoms with Crippen LogP contribution in [0.4, 0.5) is 0 Å². The van der Waals surface area contributed by atoms with Crippen molar-refractivity contribution in [3.05, 3.63) is 60.4 Å². The Morgan fingerprint density at radius 3 is 1.92 bits per heavy atom. The molecule has 0 unspecified atom stereocenters. The second-order valence-electron chi connectivity index (χ2n) is 10.1. The Hall–Kier alpha value is -3.62. The Morgan fingerprint density at radius 2 is 1.28 bits per heavy atom. The van der Waals surface area contributed by atoms with E-state index in [1.165, 1.54) is 0 Å². The quantitative estimate of drug-likeness (QED) is 0.306. The first kappa shape index (κ1) is 27.0. The first-order valence-corrected chi connectivity index (χ1v) is 13.8. The average molecular weight is 531 g/mol. The average Bonchev–Trinajstić information content (AvgIpc) is 3.63. The van der Waals surface area contributed by atoms with Gasteiger partial charge in [0.05, 0.1) is 50.2 Å². The van der Waals surface area contributed by atoms with Crippen LogP contribution >= 0.6 is 0 Å². The Labute approximate surface area is 230 Å². The van der Waals surface area contributed by atoms with Crippen LogP contribution in [-0.4, -0.2) is 59.6 Å². The zero-order chi connectivity index (χ0) is 27.2. The number of hydrogen-bond acceptors (Lipinski definition) is 6. The summed E-state index contributed by atoms with van der Waals surface area (Å²) in [5.74, 6) is 4.19. The summed E-state index contributed by atoms with van der Waals surface area (Å²) in [5.41, 5.74) is 5.87. The van der Waals surface area contributed by atoms with E-state index in [4.69, 9.17) is 18.9 Å². The highest BCUT2D eigenvalue weighted by atomic mass is 16.6. The molecule has 3 heterocycles. The molecule has 8 heteroatoms. The molecule has 0 fully saturated rings. The standard InChI is InChI=1S/C31H38N4O4/c1-5-28-32-19-27(34-28)25-11-10-24(29-30(25)39-17-15-37-13-12-36-14-16-38-29)22-6-8-23(9-7-22)26-18-33-31(35-26)21(4)20(2)3/h6-11,18-21H,5,12-17H2,1-4H3,(H,32,34)(H,33,35)/t21-/m1/s1. The van der Waals surface area contributed by atoms with Crippen LogP contribution in [0.15, 0.2) is 48.8 Å². The number of aromatic nitrogens is 4. The fourth-order valence-electron chi connectivity index (χ4n) is 4.55. The van der Waals surface area contributed by atoms with Gasteiger partial charge in [0.1, 0.15) is 24.9 Å². The lowest BCUT2D eigenvalue weighted by Crippen LogP contribution is -2.16. The van der Waals surface area contributed by atoms with Gasteiger partial charge in [-0.2, -0.15) is 0 Å². The van der Waals surface area contributed by atoms with E-state index >= 15 is 0 Å². The third-order valence-electron chi connectivity index (χ3n) is 7.22. The van der Waals surface area contributed by atoms with Gasteiger partial charge in [-0.15, -0.1) is 0 Å². The minimum absolute atomic E-state index is 0.368. The molecule has 5 rings (SSSR count). The topological polar surface area (TPSA) is 94.3 Å². The smallest absolute Gasteiger partial charge is 0.171 e. The van der Waals surface area contributed by atoms with Gasteiger partial charge < -0.3 is 28.9 Å². The van der Waals surface area contributed by atoms with Crippen molar-refractivity contribution in [3.63, 3.8) is 0 Å². The Kier molecular flexibility index (Phi) is 8.64. The molecule has 2 aromatic carbocycles. The van der Waals surface area contributed by atoms with Crippen LogP contribution in [-0.2, 0) is 15.9 Å². The van der Waals surface area contributed by atoms with Gasteiger partial charge in [0.15, 0.2) is 11.5 Å². The first-order valence-electron chi connectivity index (χ1n) is 13.8. The summed E-state index contributed by atoms with van der Waals surface area (Å²) < 4.78 is 24.1. The van der Waals surface area contributed by atoms with E-state index in [2.05, 4.69) is 84.0 Å². The molecule has 8 nitrogen and oxygen atoms in total. The molecule has 206 valence electrons. The van der Waals surface area contributed by atoms with E-state index in [1.54, 1.807) is 0 Å².